The summed E-state index contributed by atoms with van der Waals surface area (Å²) in [6.07, 6.45) is 0.330. The van der Waals surface area contributed by atoms with Crippen LogP contribution in [0.3, 0.4) is 0 Å². The Labute approximate surface area is 163 Å². The molecule has 1 amide bonds. The van der Waals surface area contributed by atoms with Gasteiger partial charge in [-0.1, -0.05) is 18.2 Å². The molecule has 3 rings (SSSR count). The number of sulfone groups is 1. The van der Waals surface area contributed by atoms with Crippen LogP contribution in [0.2, 0.25) is 0 Å². The molecule has 9 heteroatoms. The number of fused-ring (bicyclic) bond motifs is 1. The molecule has 0 aliphatic carbocycles. The van der Waals surface area contributed by atoms with Crippen molar-refractivity contribution in [2.75, 3.05) is 24.7 Å². The number of amides is 1. The third-order valence-corrected chi connectivity index (χ3v) is 6.52. The van der Waals surface area contributed by atoms with Gasteiger partial charge in [0.15, 0.2) is 16.4 Å². The average molecular weight is 409 g/mol. The SMILES string of the molecule is CCOCc1c(C(=O)OCC(=O)N[C@]2(C)CCS(=O)(=O)C2)oc2ccccc12. The normalized spacial score (nSPS) is 20.9. The molecule has 1 N–H and O–H groups in total. The summed E-state index contributed by atoms with van der Waals surface area (Å²) in [4.78, 5) is 24.6. The van der Waals surface area contributed by atoms with Gasteiger partial charge in [-0.2, -0.15) is 0 Å². The van der Waals surface area contributed by atoms with Crippen LogP contribution >= 0.6 is 0 Å². The molecular formula is C19H23NO7S. The van der Waals surface area contributed by atoms with E-state index in [1.165, 1.54) is 0 Å². The van der Waals surface area contributed by atoms with Crippen LogP contribution in [0.15, 0.2) is 28.7 Å². The molecule has 0 bridgehead atoms. The highest BCUT2D eigenvalue weighted by Gasteiger charge is 2.39. The molecular weight excluding hydrogens is 386 g/mol. The number of esters is 1. The first-order valence-electron chi connectivity index (χ1n) is 9.00. The minimum atomic E-state index is -3.15. The summed E-state index contributed by atoms with van der Waals surface area (Å²) >= 11 is 0. The second kappa shape index (κ2) is 7.92. The minimum absolute atomic E-state index is 0.00268. The van der Waals surface area contributed by atoms with Crippen molar-refractivity contribution < 1.29 is 31.9 Å². The van der Waals surface area contributed by atoms with Gasteiger partial charge in [0.1, 0.15) is 5.58 Å². The van der Waals surface area contributed by atoms with E-state index in [0.29, 0.717) is 24.2 Å². The van der Waals surface area contributed by atoms with E-state index in [-0.39, 0.29) is 23.9 Å². The Balaban J connectivity index is 1.67. The zero-order valence-electron chi connectivity index (χ0n) is 15.8. The summed E-state index contributed by atoms with van der Waals surface area (Å²) in [5.41, 5.74) is 0.246. The van der Waals surface area contributed by atoms with Crippen LogP contribution in [0.1, 0.15) is 36.4 Å². The largest absolute Gasteiger partial charge is 0.450 e. The van der Waals surface area contributed by atoms with Gasteiger partial charge in [0.05, 0.1) is 23.7 Å². The molecule has 28 heavy (non-hydrogen) atoms. The number of carbonyl (C=O) groups is 2. The number of carbonyl (C=O) groups excluding carboxylic acids is 2. The topological polar surface area (TPSA) is 112 Å². The monoisotopic (exact) mass is 409 g/mol. The number of nitrogens with one attached hydrogen (secondary N) is 1. The molecule has 0 saturated carbocycles. The first kappa shape index (κ1) is 20.3. The number of hydrogen-bond acceptors (Lipinski definition) is 7. The van der Waals surface area contributed by atoms with Crippen LogP contribution in [0, 0.1) is 0 Å². The Morgan fingerprint density at radius 3 is 2.71 bits per heavy atom. The number of rotatable bonds is 7. The molecule has 1 atom stereocenters. The van der Waals surface area contributed by atoms with Crippen LogP contribution in [-0.4, -0.2) is 50.6 Å². The van der Waals surface area contributed by atoms with Crippen LogP contribution < -0.4 is 5.32 Å². The van der Waals surface area contributed by atoms with Gasteiger partial charge < -0.3 is 19.2 Å². The van der Waals surface area contributed by atoms with Gasteiger partial charge in [-0.05, 0) is 26.3 Å². The molecule has 1 aliphatic rings. The Morgan fingerprint density at radius 1 is 1.29 bits per heavy atom. The Hall–Kier alpha value is -2.39. The fourth-order valence-corrected chi connectivity index (χ4v) is 5.38. The average Bonchev–Trinajstić information content (AvgIpc) is 3.14. The summed E-state index contributed by atoms with van der Waals surface area (Å²) in [5, 5.41) is 3.39. The lowest BCUT2D eigenvalue weighted by Gasteiger charge is -2.23. The molecule has 1 aromatic heterocycles. The molecule has 0 radical (unpaired) electrons. The molecule has 1 saturated heterocycles. The Bertz CT molecular complexity index is 995. The summed E-state index contributed by atoms with van der Waals surface area (Å²) in [7, 11) is -3.15. The van der Waals surface area contributed by atoms with Crippen molar-refractivity contribution in [3.8, 4) is 0 Å². The van der Waals surface area contributed by atoms with Crippen LogP contribution in [0.4, 0.5) is 0 Å². The zero-order chi connectivity index (χ0) is 20.4. The van der Waals surface area contributed by atoms with Crippen LogP contribution in [0.25, 0.3) is 11.0 Å². The second-order valence-electron chi connectivity index (χ2n) is 7.07. The maximum absolute atomic E-state index is 12.5. The molecule has 0 unspecified atom stereocenters. The Morgan fingerprint density at radius 2 is 2.04 bits per heavy atom. The van der Waals surface area contributed by atoms with Crippen LogP contribution in [-0.2, 0) is 30.7 Å². The van der Waals surface area contributed by atoms with Crippen molar-refractivity contribution in [1.29, 1.82) is 0 Å². The molecule has 8 nitrogen and oxygen atoms in total. The molecule has 2 aromatic rings. The van der Waals surface area contributed by atoms with Gasteiger partial charge in [-0.3, -0.25) is 4.79 Å². The highest BCUT2D eigenvalue weighted by atomic mass is 32.2. The minimum Gasteiger partial charge on any atom is -0.450 e. The van der Waals surface area contributed by atoms with E-state index in [1.54, 1.807) is 19.1 Å². The molecule has 1 aliphatic heterocycles. The molecule has 0 spiro atoms. The maximum atomic E-state index is 12.5. The lowest BCUT2D eigenvalue weighted by Crippen LogP contribution is -2.48. The molecule has 2 heterocycles. The fourth-order valence-electron chi connectivity index (χ4n) is 3.29. The lowest BCUT2D eigenvalue weighted by atomic mass is 10.0. The van der Waals surface area contributed by atoms with E-state index < -0.39 is 33.9 Å². The smallest absolute Gasteiger partial charge is 0.375 e. The standard InChI is InChI=1S/C19H23NO7S/c1-3-25-10-14-13-6-4-5-7-15(13)27-17(14)18(22)26-11-16(21)20-19(2)8-9-28(23,24)12-19/h4-7H,3,8-12H2,1-2H3,(H,20,21)/t19-/m1/s1. The van der Waals surface area contributed by atoms with E-state index in [2.05, 4.69) is 5.32 Å². The first-order valence-corrected chi connectivity index (χ1v) is 10.8. The number of furan rings is 1. The summed E-state index contributed by atoms with van der Waals surface area (Å²) in [5.74, 6) is -1.43. The van der Waals surface area contributed by atoms with E-state index in [1.807, 2.05) is 19.1 Å². The predicted molar refractivity (Wildman–Crippen MR) is 102 cm³/mol. The third-order valence-electron chi connectivity index (χ3n) is 4.61. The van der Waals surface area contributed by atoms with Crippen molar-refractivity contribution in [2.24, 2.45) is 0 Å². The van der Waals surface area contributed by atoms with Crippen LogP contribution in [0.5, 0.6) is 0 Å². The van der Waals surface area contributed by atoms with E-state index in [9.17, 15) is 18.0 Å². The van der Waals surface area contributed by atoms with Gasteiger partial charge in [-0.25, -0.2) is 13.2 Å². The summed E-state index contributed by atoms with van der Waals surface area (Å²) in [6.45, 7) is 3.63. The summed E-state index contributed by atoms with van der Waals surface area (Å²) < 4.78 is 39.4. The number of ether oxygens (including phenoxy) is 2. The first-order chi connectivity index (χ1) is 13.2. The van der Waals surface area contributed by atoms with Crippen molar-refractivity contribution in [2.45, 2.75) is 32.4 Å². The summed E-state index contributed by atoms with van der Waals surface area (Å²) in [6, 6.07) is 7.16. The van der Waals surface area contributed by atoms with E-state index in [0.717, 1.165) is 5.39 Å². The fraction of sp³-hybridized carbons (Fsp3) is 0.474. The molecule has 1 fully saturated rings. The Kier molecular flexibility index (Phi) is 5.76. The maximum Gasteiger partial charge on any atom is 0.375 e. The van der Waals surface area contributed by atoms with Crippen molar-refractivity contribution in [1.82, 2.24) is 5.32 Å². The molecule has 1 aromatic carbocycles. The van der Waals surface area contributed by atoms with E-state index in [4.69, 9.17) is 13.9 Å². The van der Waals surface area contributed by atoms with E-state index >= 15 is 0 Å². The van der Waals surface area contributed by atoms with Gasteiger partial charge in [-0.15, -0.1) is 0 Å². The van der Waals surface area contributed by atoms with Crippen molar-refractivity contribution in [3.05, 3.63) is 35.6 Å². The predicted octanol–water partition coefficient (Wildman–Crippen LogP) is 1.82. The zero-order valence-corrected chi connectivity index (χ0v) is 16.6. The highest BCUT2D eigenvalue weighted by molar-refractivity contribution is 7.91. The van der Waals surface area contributed by atoms with Crippen molar-refractivity contribution in [3.63, 3.8) is 0 Å². The number of hydrogen-bond donors (Lipinski definition) is 1. The quantitative estimate of drug-likeness (QED) is 0.694. The molecule has 152 valence electrons. The third kappa shape index (κ3) is 4.53. The highest BCUT2D eigenvalue weighted by Crippen LogP contribution is 2.27. The van der Waals surface area contributed by atoms with Gasteiger partial charge in [0, 0.05) is 17.6 Å². The number of para-hydroxylation sites is 1. The second-order valence-corrected chi connectivity index (χ2v) is 9.25. The van der Waals surface area contributed by atoms with Gasteiger partial charge >= 0.3 is 5.97 Å². The van der Waals surface area contributed by atoms with Crippen molar-refractivity contribution >= 4 is 32.7 Å². The lowest BCUT2D eigenvalue weighted by molar-refractivity contribution is -0.125. The number of benzene rings is 1. The van der Waals surface area contributed by atoms with Gasteiger partial charge in [0.25, 0.3) is 5.91 Å². The van der Waals surface area contributed by atoms with Gasteiger partial charge in [0.2, 0.25) is 5.76 Å².